The van der Waals surface area contributed by atoms with Gasteiger partial charge in [-0.05, 0) is 0 Å². The van der Waals surface area contributed by atoms with Gasteiger partial charge in [0, 0.05) is 12.5 Å². The van der Waals surface area contributed by atoms with Gasteiger partial charge in [0.05, 0.1) is 0 Å². The van der Waals surface area contributed by atoms with Crippen molar-refractivity contribution in [3.05, 3.63) is 35.9 Å². The molecule has 1 aromatic carbocycles. The minimum Gasteiger partial charge on any atom is -0.451 e. The van der Waals surface area contributed by atoms with Crippen LogP contribution in [0.1, 0.15) is 18.7 Å². The summed E-state index contributed by atoms with van der Waals surface area (Å²) in [4.78, 5) is 0. The Balaban J connectivity index is 2.14. The molecule has 0 spiro atoms. The smallest absolute Gasteiger partial charge is 0.212 e. The van der Waals surface area contributed by atoms with Crippen LogP contribution in [0.5, 0.6) is 0 Å². The van der Waals surface area contributed by atoms with Crippen molar-refractivity contribution >= 4 is 5.90 Å². The summed E-state index contributed by atoms with van der Waals surface area (Å²) in [6, 6.07) is 9.95. The Labute approximate surface area is 71.0 Å². The average molecular weight is 162 g/mol. The van der Waals surface area contributed by atoms with Gasteiger partial charge in [0.25, 0.3) is 0 Å². The number of nitrogens with zero attached hydrogens (tertiary/aromatic N) is 1. The molecule has 0 saturated carbocycles. The Morgan fingerprint density at radius 3 is 2.67 bits per heavy atom. The number of hydrazone groups is 1. The van der Waals surface area contributed by atoms with E-state index in [1.165, 1.54) is 0 Å². The maximum atomic E-state index is 5.39. The molecule has 0 aliphatic carbocycles. The largest absolute Gasteiger partial charge is 0.451 e. The maximum Gasteiger partial charge on any atom is 0.212 e. The first kappa shape index (κ1) is 7.16. The lowest BCUT2D eigenvalue weighted by atomic mass is 10.2. The predicted molar refractivity (Wildman–Crippen MR) is 46.5 cm³/mol. The summed E-state index contributed by atoms with van der Waals surface area (Å²) in [5.41, 5.74) is 3.98. The fraction of sp³-hybridized carbons (Fsp3) is 0.222. The maximum absolute atomic E-state index is 5.39. The van der Waals surface area contributed by atoms with Crippen molar-refractivity contribution in [3.63, 3.8) is 0 Å². The summed E-state index contributed by atoms with van der Waals surface area (Å²) in [7, 11) is 0. The van der Waals surface area contributed by atoms with Gasteiger partial charge >= 0.3 is 0 Å². The number of benzene rings is 1. The molecule has 2 rings (SSSR count). The Morgan fingerprint density at radius 2 is 2.08 bits per heavy atom. The molecule has 1 aliphatic rings. The van der Waals surface area contributed by atoms with E-state index in [-0.39, 0.29) is 6.23 Å². The summed E-state index contributed by atoms with van der Waals surface area (Å²) >= 11 is 0. The van der Waals surface area contributed by atoms with Crippen LogP contribution >= 0.6 is 0 Å². The molecule has 0 fully saturated rings. The average Bonchev–Trinajstić information content (AvgIpc) is 2.54. The van der Waals surface area contributed by atoms with Gasteiger partial charge in [-0.3, -0.25) is 5.43 Å². The van der Waals surface area contributed by atoms with Crippen LogP contribution in [0.4, 0.5) is 0 Å². The van der Waals surface area contributed by atoms with E-state index in [0.717, 1.165) is 5.56 Å². The Morgan fingerprint density at radius 1 is 1.33 bits per heavy atom. The molecule has 62 valence electrons. The molecule has 1 aliphatic heterocycles. The van der Waals surface area contributed by atoms with Crippen LogP contribution in [0.15, 0.2) is 35.4 Å². The first-order chi connectivity index (χ1) is 5.86. The molecule has 3 nitrogen and oxygen atoms in total. The molecule has 1 unspecified atom stereocenters. The standard InChI is InChI=1S/C9H10N2O/c1-7-10-11-9(12-7)8-5-3-2-4-6-8/h2-6,9,11H,1H3. The molecule has 0 amide bonds. The van der Waals surface area contributed by atoms with E-state index < -0.39 is 0 Å². The molecule has 0 bridgehead atoms. The molecule has 1 aromatic rings. The van der Waals surface area contributed by atoms with Gasteiger partial charge in [0.2, 0.25) is 12.1 Å². The van der Waals surface area contributed by atoms with Gasteiger partial charge < -0.3 is 4.74 Å². The molecule has 3 heteroatoms. The van der Waals surface area contributed by atoms with Crippen LogP contribution < -0.4 is 5.43 Å². The number of rotatable bonds is 1. The van der Waals surface area contributed by atoms with Crippen molar-refractivity contribution in [3.8, 4) is 0 Å². The van der Waals surface area contributed by atoms with E-state index in [1.807, 2.05) is 37.3 Å². The second-order valence-corrected chi connectivity index (χ2v) is 2.67. The van der Waals surface area contributed by atoms with E-state index in [1.54, 1.807) is 0 Å². The zero-order valence-electron chi connectivity index (χ0n) is 6.82. The SMILES string of the molecule is CC1=NNC(c2ccccc2)O1. The lowest BCUT2D eigenvalue weighted by Gasteiger charge is -2.09. The lowest BCUT2D eigenvalue weighted by molar-refractivity contribution is 0.190. The molecule has 12 heavy (non-hydrogen) atoms. The Kier molecular flexibility index (Phi) is 1.70. The number of hydrogen-bond acceptors (Lipinski definition) is 3. The minimum absolute atomic E-state index is 0.105. The van der Waals surface area contributed by atoms with Gasteiger partial charge in [-0.1, -0.05) is 30.3 Å². The summed E-state index contributed by atoms with van der Waals surface area (Å²) < 4.78 is 5.39. The zero-order valence-corrected chi connectivity index (χ0v) is 6.82. The van der Waals surface area contributed by atoms with Gasteiger partial charge in [-0.2, -0.15) is 0 Å². The van der Waals surface area contributed by atoms with Crippen LogP contribution in [0.25, 0.3) is 0 Å². The third-order valence-corrected chi connectivity index (χ3v) is 1.73. The zero-order chi connectivity index (χ0) is 8.39. The lowest BCUT2D eigenvalue weighted by Crippen LogP contribution is -2.11. The fourth-order valence-electron chi connectivity index (χ4n) is 1.14. The van der Waals surface area contributed by atoms with Crippen molar-refractivity contribution < 1.29 is 4.74 Å². The number of hydrogen-bond donors (Lipinski definition) is 1. The van der Waals surface area contributed by atoms with Crippen LogP contribution in [0.2, 0.25) is 0 Å². The van der Waals surface area contributed by atoms with Crippen molar-refractivity contribution in [2.24, 2.45) is 5.10 Å². The highest BCUT2D eigenvalue weighted by molar-refractivity contribution is 5.74. The topological polar surface area (TPSA) is 33.6 Å². The summed E-state index contributed by atoms with van der Waals surface area (Å²) in [5.74, 6) is 0.684. The van der Waals surface area contributed by atoms with Crippen LogP contribution in [0.3, 0.4) is 0 Å². The van der Waals surface area contributed by atoms with Gasteiger partial charge in [-0.25, -0.2) is 0 Å². The van der Waals surface area contributed by atoms with E-state index in [9.17, 15) is 0 Å². The quantitative estimate of drug-likeness (QED) is 0.681. The van der Waals surface area contributed by atoms with Crippen LogP contribution in [-0.2, 0) is 4.74 Å². The van der Waals surface area contributed by atoms with Crippen molar-refractivity contribution in [2.75, 3.05) is 0 Å². The highest BCUT2D eigenvalue weighted by Gasteiger charge is 2.16. The molecule has 1 heterocycles. The molecule has 0 radical (unpaired) electrons. The van der Waals surface area contributed by atoms with Crippen molar-refractivity contribution in [2.45, 2.75) is 13.2 Å². The monoisotopic (exact) mass is 162 g/mol. The van der Waals surface area contributed by atoms with Crippen molar-refractivity contribution in [1.82, 2.24) is 5.43 Å². The third kappa shape index (κ3) is 1.25. The number of nitrogens with one attached hydrogen (secondary N) is 1. The summed E-state index contributed by atoms with van der Waals surface area (Å²) in [6.07, 6.45) is -0.105. The highest BCUT2D eigenvalue weighted by Crippen LogP contribution is 2.17. The van der Waals surface area contributed by atoms with E-state index in [2.05, 4.69) is 10.5 Å². The molecular weight excluding hydrogens is 152 g/mol. The molecule has 1 N–H and O–H groups in total. The third-order valence-electron chi connectivity index (χ3n) is 1.73. The highest BCUT2D eigenvalue weighted by atomic mass is 16.5. The first-order valence-electron chi connectivity index (χ1n) is 3.88. The second-order valence-electron chi connectivity index (χ2n) is 2.67. The van der Waals surface area contributed by atoms with E-state index >= 15 is 0 Å². The summed E-state index contributed by atoms with van der Waals surface area (Å²) in [6.45, 7) is 1.83. The van der Waals surface area contributed by atoms with Crippen molar-refractivity contribution in [1.29, 1.82) is 0 Å². The van der Waals surface area contributed by atoms with Gasteiger partial charge in [0.1, 0.15) is 0 Å². The predicted octanol–water partition coefficient (Wildman–Crippen LogP) is 1.64. The molecule has 0 aromatic heterocycles. The van der Waals surface area contributed by atoms with Crippen LogP contribution in [0, 0.1) is 0 Å². The van der Waals surface area contributed by atoms with E-state index in [0.29, 0.717) is 5.90 Å². The van der Waals surface area contributed by atoms with Gasteiger partial charge in [-0.15, -0.1) is 5.10 Å². The van der Waals surface area contributed by atoms with E-state index in [4.69, 9.17) is 4.74 Å². The molecule has 1 atom stereocenters. The first-order valence-corrected chi connectivity index (χ1v) is 3.88. The normalized spacial score (nSPS) is 21.1. The fourth-order valence-corrected chi connectivity index (χ4v) is 1.14. The van der Waals surface area contributed by atoms with Gasteiger partial charge in [0.15, 0.2) is 0 Å². The molecule has 0 saturated heterocycles. The second kappa shape index (κ2) is 2.85. The molecular formula is C9H10N2O. The Bertz CT molecular complexity index is 295. The Hall–Kier alpha value is -1.51. The number of ether oxygens (including phenoxy) is 1. The summed E-state index contributed by atoms with van der Waals surface area (Å²) in [5, 5.41) is 3.94. The van der Waals surface area contributed by atoms with Crippen LogP contribution in [-0.4, -0.2) is 5.90 Å². The minimum atomic E-state index is -0.105.